The Morgan fingerprint density at radius 3 is 2.41 bits per heavy atom. The Hall–Kier alpha value is -3.68. The number of benzene rings is 2. The van der Waals surface area contributed by atoms with Crippen molar-refractivity contribution in [1.29, 1.82) is 0 Å². The number of fused-ring (bicyclic) bond motifs is 1. The normalized spacial score (nSPS) is 11.7. The van der Waals surface area contributed by atoms with Crippen molar-refractivity contribution in [3.05, 3.63) is 64.6 Å². The Labute approximate surface area is 167 Å². The van der Waals surface area contributed by atoms with Crippen LogP contribution in [0.5, 0.6) is 5.75 Å². The molecule has 150 valence electrons. The molecule has 3 rings (SSSR count). The third kappa shape index (κ3) is 4.60. The Morgan fingerprint density at radius 2 is 1.76 bits per heavy atom. The minimum atomic E-state index is -0.997. The number of carbonyl (C=O) groups excluding carboxylic acids is 2. The van der Waals surface area contributed by atoms with Crippen molar-refractivity contribution in [2.24, 2.45) is 7.05 Å². The highest BCUT2D eigenvalue weighted by atomic mass is 16.5. The van der Waals surface area contributed by atoms with E-state index in [1.165, 1.54) is 18.7 Å². The monoisotopic (exact) mass is 395 g/mol. The Morgan fingerprint density at radius 1 is 1.10 bits per heavy atom. The van der Waals surface area contributed by atoms with Crippen LogP contribution in [0.3, 0.4) is 0 Å². The van der Waals surface area contributed by atoms with Crippen LogP contribution in [0.4, 0.5) is 5.69 Å². The fourth-order valence-corrected chi connectivity index (χ4v) is 2.85. The molecule has 29 heavy (non-hydrogen) atoms. The molecule has 8 nitrogen and oxygen atoms in total. The molecule has 0 radical (unpaired) electrons. The van der Waals surface area contributed by atoms with Crippen molar-refractivity contribution in [2.75, 3.05) is 12.4 Å². The Kier molecular flexibility index (Phi) is 5.92. The fraction of sp³-hybridized carbons (Fsp3) is 0.238. The van der Waals surface area contributed by atoms with Gasteiger partial charge in [-0.1, -0.05) is 18.2 Å². The van der Waals surface area contributed by atoms with E-state index in [0.29, 0.717) is 27.9 Å². The van der Waals surface area contributed by atoms with Crippen LogP contribution in [-0.2, 0) is 27.8 Å². The second-order valence-corrected chi connectivity index (χ2v) is 6.45. The summed E-state index contributed by atoms with van der Waals surface area (Å²) >= 11 is 0. The molecule has 2 aromatic carbocycles. The fourth-order valence-electron chi connectivity index (χ4n) is 2.85. The molecule has 1 amide bonds. The zero-order chi connectivity index (χ0) is 21.0. The number of nitrogens with one attached hydrogen (secondary N) is 1. The van der Waals surface area contributed by atoms with Crippen LogP contribution in [-0.4, -0.2) is 34.9 Å². The first-order valence-corrected chi connectivity index (χ1v) is 8.98. The van der Waals surface area contributed by atoms with Crippen molar-refractivity contribution in [3.63, 3.8) is 0 Å². The zero-order valence-corrected chi connectivity index (χ0v) is 16.3. The largest absolute Gasteiger partial charge is 0.497 e. The summed E-state index contributed by atoms with van der Waals surface area (Å²) < 4.78 is 11.5. The molecular weight excluding hydrogens is 374 g/mol. The van der Waals surface area contributed by atoms with E-state index in [0.717, 1.165) is 0 Å². The van der Waals surface area contributed by atoms with Gasteiger partial charge in [-0.2, -0.15) is 5.10 Å². The van der Waals surface area contributed by atoms with Crippen molar-refractivity contribution >= 4 is 28.3 Å². The lowest BCUT2D eigenvalue weighted by Crippen LogP contribution is -2.31. The molecule has 8 heteroatoms. The topological polar surface area (TPSA) is 99.5 Å². The molecule has 0 unspecified atom stereocenters. The molecule has 0 aliphatic rings. The molecule has 0 aliphatic carbocycles. The van der Waals surface area contributed by atoms with Gasteiger partial charge in [-0.05, 0) is 37.3 Å². The van der Waals surface area contributed by atoms with Crippen molar-refractivity contribution in [1.82, 2.24) is 9.78 Å². The minimum absolute atomic E-state index is 0.158. The quantitative estimate of drug-likeness (QED) is 0.642. The van der Waals surface area contributed by atoms with Gasteiger partial charge in [0.1, 0.15) is 5.75 Å². The predicted octanol–water partition coefficient (Wildman–Crippen LogP) is 2.05. The van der Waals surface area contributed by atoms with Gasteiger partial charge in [-0.25, -0.2) is 4.68 Å². The molecule has 1 N–H and O–H groups in total. The van der Waals surface area contributed by atoms with E-state index in [1.54, 1.807) is 55.6 Å². The van der Waals surface area contributed by atoms with E-state index in [9.17, 15) is 14.4 Å². The summed E-state index contributed by atoms with van der Waals surface area (Å²) in [4.78, 5) is 36.8. The molecule has 0 fully saturated rings. The number of amides is 1. The number of aryl methyl sites for hydroxylation is 1. The van der Waals surface area contributed by atoms with Crippen LogP contribution >= 0.6 is 0 Å². The molecule has 0 spiro atoms. The van der Waals surface area contributed by atoms with Crippen LogP contribution in [0.1, 0.15) is 12.6 Å². The van der Waals surface area contributed by atoms with Crippen molar-refractivity contribution in [3.8, 4) is 5.75 Å². The van der Waals surface area contributed by atoms with Gasteiger partial charge in [0.05, 0.1) is 24.6 Å². The van der Waals surface area contributed by atoms with Gasteiger partial charge in [0.25, 0.3) is 11.5 Å². The van der Waals surface area contributed by atoms with Gasteiger partial charge < -0.3 is 14.8 Å². The molecule has 3 aromatic rings. The average molecular weight is 395 g/mol. The van der Waals surface area contributed by atoms with Gasteiger partial charge in [0.2, 0.25) is 0 Å². The van der Waals surface area contributed by atoms with Gasteiger partial charge >= 0.3 is 5.97 Å². The number of ether oxygens (including phenoxy) is 2. The van der Waals surface area contributed by atoms with Gasteiger partial charge in [0, 0.05) is 18.1 Å². The molecule has 0 saturated carbocycles. The number of carbonyl (C=O) groups is 2. The summed E-state index contributed by atoms with van der Waals surface area (Å²) in [6, 6.07) is 13.7. The second-order valence-electron chi connectivity index (χ2n) is 6.45. The molecule has 0 bridgehead atoms. The number of hydrogen-bond acceptors (Lipinski definition) is 6. The highest BCUT2D eigenvalue weighted by molar-refractivity contribution is 5.95. The molecular formula is C21H21N3O5. The Balaban J connectivity index is 1.67. The van der Waals surface area contributed by atoms with E-state index in [2.05, 4.69) is 10.4 Å². The SMILES string of the molecule is COc1ccc(NC(=O)[C@H](C)OC(=O)Cc2nn(C)c(=O)c3ccccc23)cc1. The molecule has 0 aliphatic heterocycles. The number of rotatable bonds is 6. The standard InChI is InChI=1S/C21H21N3O5/c1-13(20(26)22-14-8-10-15(28-3)11-9-14)29-19(25)12-18-16-6-4-5-7-17(16)21(27)24(2)23-18/h4-11,13H,12H2,1-3H3,(H,22,26)/t13-/m0/s1. The van der Waals surface area contributed by atoms with Crippen molar-refractivity contribution in [2.45, 2.75) is 19.4 Å². The molecule has 1 atom stereocenters. The molecule has 1 heterocycles. The summed E-state index contributed by atoms with van der Waals surface area (Å²) in [5.41, 5.74) is 0.727. The van der Waals surface area contributed by atoms with E-state index in [-0.39, 0.29) is 12.0 Å². The maximum atomic E-state index is 12.4. The average Bonchev–Trinajstić information content (AvgIpc) is 2.72. The first kappa shape index (κ1) is 20.1. The highest BCUT2D eigenvalue weighted by Crippen LogP contribution is 2.16. The summed E-state index contributed by atoms with van der Waals surface area (Å²) in [6.45, 7) is 1.49. The number of hydrogen-bond donors (Lipinski definition) is 1. The van der Waals surface area contributed by atoms with Crippen LogP contribution in [0, 0.1) is 0 Å². The maximum absolute atomic E-state index is 12.4. The molecule has 0 saturated heterocycles. The van der Waals surface area contributed by atoms with E-state index in [4.69, 9.17) is 9.47 Å². The smallest absolute Gasteiger partial charge is 0.312 e. The first-order valence-electron chi connectivity index (χ1n) is 8.98. The highest BCUT2D eigenvalue weighted by Gasteiger charge is 2.20. The number of aromatic nitrogens is 2. The number of nitrogens with zero attached hydrogens (tertiary/aromatic N) is 2. The van der Waals surface area contributed by atoms with Crippen LogP contribution in [0.15, 0.2) is 53.3 Å². The van der Waals surface area contributed by atoms with Gasteiger partial charge in [-0.15, -0.1) is 0 Å². The summed E-state index contributed by atoms with van der Waals surface area (Å²) in [5.74, 6) is -0.403. The zero-order valence-electron chi connectivity index (χ0n) is 16.3. The van der Waals surface area contributed by atoms with E-state index in [1.807, 2.05) is 0 Å². The number of esters is 1. The summed E-state index contributed by atoms with van der Waals surface area (Å²) in [6.07, 6.45) is -1.15. The lowest BCUT2D eigenvalue weighted by atomic mass is 10.1. The number of anilines is 1. The molecule has 1 aromatic heterocycles. The second kappa shape index (κ2) is 8.55. The first-order chi connectivity index (χ1) is 13.9. The van der Waals surface area contributed by atoms with Crippen LogP contribution < -0.4 is 15.6 Å². The summed E-state index contributed by atoms with van der Waals surface area (Å²) in [5, 5.41) is 7.90. The van der Waals surface area contributed by atoms with Gasteiger partial charge in [-0.3, -0.25) is 14.4 Å². The maximum Gasteiger partial charge on any atom is 0.312 e. The van der Waals surface area contributed by atoms with E-state index >= 15 is 0 Å². The van der Waals surface area contributed by atoms with Gasteiger partial charge in [0.15, 0.2) is 6.10 Å². The lowest BCUT2D eigenvalue weighted by Gasteiger charge is -2.14. The van der Waals surface area contributed by atoms with Crippen LogP contribution in [0.25, 0.3) is 10.8 Å². The Bertz CT molecular complexity index is 1110. The predicted molar refractivity (Wildman–Crippen MR) is 108 cm³/mol. The minimum Gasteiger partial charge on any atom is -0.497 e. The third-order valence-corrected chi connectivity index (χ3v) is 4.38. The van der Waals surface area contributed by atoms with Crippen LogP contribution in [0.2, 0.25) is 0 Å². The van der Waals surface area contributed by atoms with Crippen molar-refractivity contribution < 1.29 is 19.1 Å². The third-order valence-electron chi connectivity index (χ3n) is 4.38. The lowest BCUT2D eigenvalue weighted by molar-refractivity contribution is -0.152. The van der Waals surface area contributed by atoms with E-state index < -0.39 is 18.0 Å². The summed E-state index contributed by atoms with van der Waals surface area (Å²) in [7, 11) is 3.08. The number of methoxy groups -OCH3 is 1.